The molecule has 0 radical (unpaired) electrons. The molecule has 4 aliphatic carbocycles. The van der Waals surface area contributed by atoms with Crippen LogP contribution >= 0.6 is 31.9 Å². The van der Waals surface area contributed by atoms with Crippen molar-refractivity contribution in [2.24, 2.45) is 0 Å². The molecule has 0 fully saturated rings. The van der Waals surface area contributed by atoms with Crippen LogP contribution in [0.2, 0.25) is 0 Å². The van der Waals surface area contributed by atoms with Crippen LogP contribution in [0.15, 0.2) is 81.7 Å². The van der Waals surface area contributed by atoms with Crippen LogP contribution < -0.4 is 0 Å². The number of halogens is 2. The molecule has 0 saturated carbocycles. The molecule has 106 valence electrons. The first-order chi connectivity index (χ1) is 10.8. The van der Waals surface area contributed by atoms with Crippen molar-refractivity contribution in [3.05, 3.63) is 81.7 Å². The highest BCUT2D eigenvalue weighted by atomic mass is 79.9. The molecule has 22 heavy (non-hydrogen) atoms. The van der Waals surface area contributed by atoms with Gasteiger partial charge >= 0.3 is 0 Å². The standard InChI is InChI=1S/C20H12Br2/c21-19-11-17(13-7-3-1-5-9-15(13)19)18-12-20(22)16-10-6-2-4-8-14(16)18/h1-12H. The molecule has 0 saturated heterocycles. The quantitative estimate of drug-likeness (QED) is 0.313. The van der Waals surface area contributed by atoms with Gasteiger partial charge < -0.3 is 0 Å². The molecule has 0 bridgehead atoms. The first-order valence-corrected chi connectivity index (χ1v) is 8.69. The Bertz CT molecular complexity index is 834. The van der Waals surface area contributed by atoms with E-state index in [4.69, 9.17) is 0 Å². The Morgan fingerprint density at radius 1 is 0.409 bits per heavy atom. The zero-order valence-electron chi connectivity index (χ0n) is 11.7. The van der Waals surface area contributed by atoms with Gasteiger partial charge in [0.2, 0.25) is 0 Å². The van der Waals surface area contributed by atoms with Gasteiger partial charge in [0.15, 0.2) is 0 Å². The van der Waals surface area contributed by atoms with Crippen molar-refractivity contribution >= 4 is 31.9 Å². The van der Waals surface area contributed by atoms with Crippen molar-refractivity contribution in [1.82, 2.24) is 0 Å². The molecule has 0 spiro atoms. The van der Waals surface area contributed by atoms with Crippen molar-refractivity contribution in [2.75, 3.05) is 0 Å². The van der Waals surface area contributed by atoms with Crippen molar-refractivity contribution in [1.29, 1.82) is 0 Å². The van der Waals surface area contributed by atoms with Crippen LogP contribution in [0, 0.1) is 0 Å². The van der Waals surface area contributed by atoms with E-state index in [1.807, 2.05) is 0 Å². The maximum atomic E-state index is 3.70. The summed E-state index contributed by atoms with van der Waals surface area (Å²) in [6.07, 6.45) is 0. The van der Waals surface area contributed by atoms with Crippen LogP contribution in [0.3, 0.4) is 0 Å². The molecule has 0 atom stereocenters. The molecule has 0 nitrogen and oxygen atoms in total. The molecule has 0 aliphatic heterocycles. The molecule has 0 amide bonds. The summed E-state index contributed by atoms with van der Waals surface area (Å²) in [5.41, 5.74) is 7.54. The van der Waals surface area contributed by atoms with Gasteiger partial charge in [-0.2, -0.15) is 0 Å². The van der Waals surface area contributed by atoms with E-state index in [1.165, 1.54) is 33.4 Å². The third-order valence-corrected chi connectivity index (χ3v) is 5.32. The van der Waals surface area contributed by atoms with Crippen LogP contribution in [0.5, 0.6) is 0 Å². The Morgan fingerprint density at radius 2 is 0.773 bits per heavy atom. The minimum absolute atomic E-state index is 1.14. The van der Waals surface area contributed by atoms with Crippen LogP contribution in [-0.4, -0.2) is 0 Å². The summed E-state index contributed by atoms with van der Waals surface area (Å²) >= 11 is 7.41. The van der Waals surface area contributed by atoms with Crippen molar-refractivity contribution in [2.45, 2.75) is 0 Å². The van der Waals surface area contributed by atoms with E-state index >= 15 is 0 Å². The van der Waals surface area contributed by atoms with Gasteiger partial charge in [-0.3, -0.25) is 0 Å². The van der Waals surface area contributed by atoms with Crippen LogP contribution in [0.25, 0.3) is 33.4 Å². The molecular formula is C20H12Br2. The van der Waals surface area contributed by atoms with Gasteiger partial charge in [-0.25, -0.2) is 0 Å². The third kappa shape index (κ3) is 2.18. The minimum Gasteiger partial charge on any atom is -0.0622 e. The Balaban J connectivity index is 2.04. The lowest BCUT2D eigenvalue weighted by atomic mass is 10.0. The topological polar surface area (TPSA) is 0 Å². The molecule has 0 N–H and O–H groups in total. The summed E-state index contributed by atoms with van der Waals surface area (Å²) in [6, 6.07) is 25.6. The summed E-state index contributed by atoms with van der Waals surface area (Å²) in [6.45, 7) is 0. The monoisotopic (exact) mass is 410 g/mol. The van der Waals surface area contributed by atoms with E-state index in [0.29, 0.717) is 0 Å². The highest BCUT2D eigenvalue weighted by molar-refractivity contribution is 9.11. The predicted octanol–water partition coefficient (Wildman–Crippen LogP) is 7.09. The SMILES string of the molecule is Brc1cc(-c2cc(Br)c3cccccc2-3)c2cccccc1-2. The summed E-state index contributed by atoms with van der Waals surface area (Å²) in [5.74, 6) is 0. The Hall–Kier alpha value is -1.64. The van der Waals surface area contributed by atoms with Gasteiger partial charge in [0.1, 0.15) is 0 Å². The number of hydrogen-bond donors (Lipinski definition) is 0. The molecule has 0 aromatic carbocycles. The molecular weight excluding hydrogens is 400 g/mol. The van der Waals surface area contributed by atoms with Gasteiger partial charge in [0.05, 0.1) is 0 Å². The zero-order chi connectivity index (χ0) is 15.1. The molecule has 4 rings (SSSR count). The summed E-state index contributed by atoms with van der Waals surface area (Å²) in [7, 11) is 0. The largest absolute Gasteiger partial charge is 0.0622 e. The third-order valence-electron chi connectivity index (χ3n) is 4.00. The summed E-state index contributed by atoms with van der Waals surface area (Å²) < 4.78 is 2.28. The number of hydrogen-bond acceptors (Lipinski definition) is 0. The van der Waals surface area contributed by atoms with E-state index < -0.39 is 0 Å². The molecule has 0 aromatic rings. The van der Waals surface area contributed by atoms with Gasteiger partial charge in [-0.15, -0.1) is 0 Å². The maximum absolute atomic E-state index is 3.70. The highest BCUT2D eigenvalue weighted by Gasteiger charge is 2.20. The smallest absolute Gasteiger partial charge is 0.0260 e. The number of rotatable bonds is 1. The fourth-order valence-electron chi connectivity index (χ4n) is 2.99. The van der Waals surface area contributed by atoms with Crippen LogP contribution in [0.4, 0.5) is 0 Å². The Morgan fingerprint density at radius 3 is 1.18 bits per heavy atom. The minimum atomic E-state index is 1.14. The number of fused-ring (bicyclic) bond motifs is 2. The summed E-state index contributed by atoms with van der Waals surface area (Å²) in [5, 5.41) is 0. The second kappa shape index (κ2) is 5.53. The van der Waals surface area contributed by atoms with Gasteiger partial charge in [0, 0.05) is 8.95 Å². The van der Waals surface area contributed by atoms with Crippen molar-refractivity contribution in [3.8, 4) is 33.4 Å². The fourth-order valence-corrected chi connectivity index (χ4v) is 4.14. The average Bonchev–Trinajstić information content (AvgIpc) is 2.81. The van der Waals surface area contributed by atoms with Gasteiger partial charge in [-0.05, 0) is 45.5 Å². The fraction of sp³-hybridized carbons (Fsp3) is 0. The van der Waals surface area contributed by atoms with E-state index in [9.17, 15) is 0 Å². The van der Waals surface area contributed by atoms with Gasteiger partial charge in [0.25, 0.3) is 0 Å². The molecule has 0 unspecified atom stereocenters. The molecule has 2 heteroatoms. The lowest BCUT2D eigenvalue weighted by Gasteiger charge is -2.03. The van der Waals surface area contributed by atoms with Gasteiger partial charge in [-0.1, -0.05) is 92.5 Å². The second-order valence-electron chi connectivity index (χ2n) is 5.29. The molecule has 4 aliphatic rings. The lowest BCUT2D eigenvalue weighted by molar-refractivity contribution is 1.76. The van der Waals surface area contributed by atoms with Crippen LogP contribution in [-0.2, 0) is 0 Å². The van der Waals surface area contributed by atoms with E-state index in [-0.39, 0.29) is 0 Å². The van der Waals surface area contributed by atoms with Crippen molar-refractivity contribution in [3.63, 3.8) is 0 Å². The molecule has 0 aromatic heterocycles. The maximum Gasteiger partial charge on any atom is 0.0260 e. The first kappa shape index (κ1) is 14.0. The summed E-state index contributed by atoms with van der Waals surface area (Å²) in [4.78, 5) is 0. The zero-order valence-corrected chi connectivity index (χ0v) is 14.9. The first-order valence-electron chi connectivity index (χ1n) is 7.10. The van der Waals surface area contributed by atoms with E-state index in [2.05, 4.69) is 105 Å². The lowest BCUT2D eigenvalue weighted by Crippen LogP contribution is -1.76. The van der Waals surface area contributed by atoms with E-state index in [0.717, 1.165) is 8.95 Å². The highest BCUT2D eigenvalue weighted by Crippen LogP contribution is 2.47. The Labute approximate surface area is 146 Å². The molecule has 0 heterocycles. The predicted molar refractivity (Wildman–Crippen MR) is 101 cm³/mol. The Kier molecular flexibility index (Phi) is 3.51. The van der Waals surface area contributed by atoms with Crippen LogP contribution in [0.1, 0.15) is 0 Å². The second-order valence-corrected chi connectivity index (χ2v) is 7.00. The van der Waals surface area contributed by atoms with E-state index in [1.54, 1.807) is 0 Å². The normalized spacial score (nSPS) is 11.2. The van der Waals surface area contributed by atoms with Crippen molar-refractivity contribution < 1.29 is 0 Å². The average molecular weight is 412 g/mol.